The molecule has 0 aliphatic heterocycles. The van der Waals surface area contributed by atoms with E-state index in [1.54, 1.807) is 6.07 Å². The third-order valence-electron chi connectivity index (χ3n) is 2.99. The highest BCUT2D eigenvalue weighted by Gasteiger charge is 2.16. The fraction of sp³-hybridized carbons (Fsp3) is 0.125. The number of carboxylic acids is 1. The zero-order valence-corrected chi connectivity index (χ0v) is 11.5. The molecule has 108 valence electrons. The maximum Gasteiger partial charge on any atom is 0.323 e. The van der Waals surface area contributed by atoms with E-state index in [2.05, 4.69) is 11.9 Å². The van der Waals surface area contributed by atoms with E-state index in [1.165, 1.54) is 11.0 Å². The molecule has 2 aromatic rings. The molecule has 5 nitrogen and oxygen atoms in total. The monoisotopic (exact) mass is 284 g/mol. The normalized spacial score (nSPS) is 10.1. The number of carboxylic acid groups (broad SMARTS) is 1. The number of carbonyl (C=O) groups excluding carboxylic acids is 1. The fourth-order valence-corrected chi connectivity index (χ4v) is 2.07. The van der Waals surface area contributed by atoms with E-state index in [0.29, 0.717) is 5.69 Å². The Hall–Kier alpha value is -2.82. The summed E-state index contributed by atoms with van der Waals surface area (Å²) in [5, 5.41) is 13.5. The number of fused-ring (bicyclic) bond motifs is 1. The van der Waals surface area contributed by atoms with Crippen LogP contribution in [0.25, 0.3) is 10.8 Å². The van der Waals surface area contributed by atoms with Gasteiger partial charge in [0.1, 0.15) is 6.54 Å². The summed E-state index contributed by atoms with van der Waals surface area (Å²) in [6.45, 7) is 3.33. The number of carbonyl (C=O) groups is 2. The Kier molecular flexibility index (Phi) is 4.56. The number of urea groups is 1. The minimum absolute atomic E-state index is 0.170. The summed E-state index contributed by atoms with van der Waals surface area (Å²) in [6.07, 6.45) is 1.49. The number of hydrogen-bond acceptors (Lipinski definition) is 2. The summed E-state index contributed by atoms with van der Waals surface area (Å²) in [4.78, 5) is 24.2. The van der Waals surface area contributed by atoms with Crippen LogP contribution in [0.3, 0.4) is 0 Å². The molecular weight excluding hydrogens is 268 g/mol. The largest absolute Gasteiger partial charge is 0.480 e. The Labute approximate surface area is 122 Å². The van der Waals surface area contributed by atoms with Crippen molar-refractivity contribution >= 4 is 28.5 Å². The summed E-state index contributed by atoms with van der Waals surface area (Å²) in [5.74, 6) is -1.06. The maximum atomic E-state index is 12.2. The number of nitrogens with one attached hydrogen (secondary N) is 1. The van der Waals surface area contributed by atoms with Crippen LogP contribution in [0.5, 0.6) is 0 Å². The van der Waals surface area contributed by atoms with E-state index in [1.807, 2.05) is 36.4 Å². The van der Waals surface area contributed by atoms with E-state index in [-0.39, 0.29) is 13.1 Å². The van der Waals surface area contributed by atoms with Crippen LogP contribution in [0.15, 0.2) is 55.1 Å². The first kappa shape index (κ1) is 14.6. The smallest absolute Gasteiger partial charge is 0.323 e. The zero-order valence-electron chi connectivity index (χ0n) is 11.5. The molecule has 0 spiro atoms. The molecule has 0 unspecified atom stereocenters. The predicted octanol–water partition coefficient (Wildman–Crippen LogP) is 2.94. The van der Waals surface area contributed by atoms with E-state index in [0.717, 1.165) is 10.8 Å². The minimum Gasteiger partial charge on any atom is -0.480 e. The van der Waals surface area contributed by atoms with Crippen molar-refractivity contribution in [2.75, 3.05) is 18.4 Å². The Morgan fingerprint density at radius 2 is 1.90 bits per heavy atom. The van der Waals surface area contributed by atoms with Gasteiger partial charge in [0, 0.05) is 11.9 Å². The molecule has 0 fully saturated rings. The number of anilines is 1. The van der Waals surface area contributed by atoms with Crippen molar-refractivity contribution in [3.8, 4) is 0 Å². The van der Waals surface area contributed by atoms with Gasteiger partial charge in [0.15, 0.2) is 0 Å². The molecule has 21 heavy (non-hydrogen) atoms. The van der Waals surface area contributed by atoms with Gasteiger partial charge in [0.05, 0.1) is 5.69 Å². The first-order valence-corrected chi connectivity index (χ1v) is 6.48. The van der Waals surface area contributed by atoms with Gasteiger partial charge >= 0.3 is 12.0 Å². The lowest BCUT2D eigenvalue weighted by molar-refractivity contribution is -0.137. The number of aliphatic carboxylic acids is 1. The second-order valence-corrected chi connectivity index (χ2v) is 4.52. The van der Waals surface area contributed by atoms with Gasteiger partial charge in [-0.2, -0.15) is 0 Å². The highest BCUT2D eigenvalue weighted by Crippen LogP contribution is 2.23. The molecule has 0 heterocycles. The third kappa shape index (κ3) is 3.60. The number of rotatable bonds is 5. The molecule has 0 aliphatic rings. The summed E-state index contributed by atoms with van der Waals surface area (Å²) in [7, 11) is 0. The van der Waals surface area contributed by atoms with Crippen LogP contribution in [-0.2, 0) is 4.79 Å². The number of nitrogens with zero attached hydrogens (tertiary/aromatic N) is 1. The second kappa shape index (κ2) is 6.56. The van der Waals surface area contributed by atoms with Crippen LogP contribution >= 0.6 is 0 Å². The van der Waals surface area contributed by atoms with Gasteiger partial charge in [0.25, 0.3) is 0 Å². The van der Waals surface area contributed by atoms with Gasteiger partial charge in [-0.25, -0.2) is 4.79 Å². The first-order chi connectivity index (χ1) is 10.1. The van der Waals surface area contributed by atoms with Gasteiger partial charge in [-0.05, 0) is 11.5 Å². The summed E-state index contributed by atoms with van der Waals surface area (Å²) >= 11 is 0. The molecule has 0 aliphatic carbocycles. The molecule has 2 aromatic carbocycles. The summed E-state index contributed by atoms with van der Waals surface area (Å²) in [6, 6.07) is 12.8. The average Bonchev–Trinajstić information content (AvgIpc) is 2.47. The van der Waals surface area contributed by atoms with Crippen LogP contribution in [0.4, 0.5) is 10.5 Å². The lowest BCUT2D eigenvalue weighted by Crippen LogP contribution is -2.38. The van der Waals surface area contributed by atoms with Crippen molar-refractivity contribution in [1.29, 1.82) is 0 Å². The number of amides is 2. The summed E-state index contributed by atoms with van der Waals surface area (Å²) < 4.78 is 0. The molecule has 0 bridgehead atoms. The van der Waals surface area contributed by atoms with E-state index >= 15 is 0 Å². The van der Waals surface area contributed by atoms with E-state index in [9.17, 15) is 9.59 Å². The molecule has 2 rings (SSSR count). The number of hydrogen-bond donors (Lipinski definition) is 2. The van der Waals surface area contributed by atoms with Gasteiger partial charge in [-0.3, -0.25) is 4.79 Å². The van der Waals surface area contributed by atoms with Crippen LogP contribution in [-0.4, -0.2) is 35.1 Å². The van der Waals surface area contributed by atoms with Gasteiger partial charge < -0.3 is 15.3 Å². The molecule has 2 N–H and O–H groups in total. The van der Waals surface area contributed by atoms with Gasteiger partial charge in [0.2, 0.25) is 0 Å². The first-order valence-electron chi connectivity index (χ1n) is 6.48. The topological polar surface area (TPSA) is 69.6 Å². The van der Waals surface area contributed by atoms with Crippen molar-refractivity contribution in [2.45, 2.75) is 0 Å². The fourth-order valence-electron chi connectivity index (χ4n) is 2.07. The Bertz CT molecular complexity index is 677. The van der Waals surface area contributed by atoms with Crippen LogP contribution in [0.1, 0.15) is 0 Å². The van der Waals surface area contributed by atoms with Crippen molar-refractivity contribution in [1.82, 2.24) is 4.90 Å². The minimum atomic E-state index is -1.06. The van der Waals surface area contributed by atoms with Gasteiger partial charge in [-0.1, -0.05) is 42.5 Å². The quantitative estimate of drug-likeness (QED) is 0.829. The van der Waals surface area contributed by atoms with Crippen molar-refractivity contribution < 1.29 is 14.7 Å². The predicted molar refractivity (Wildman–Crippen MR) is 82.4 cm³/mol. The Balaban J connectivity index is 2.23. The maximum absolute atomic E-state index is 12.2. The highest BCUT2D eigenvalue weighted by molar-refractivity contribution is 6.02. The standard InChI is InChI=1S/C16H16N2O3/c1-2-10-18(11-15(19)20)16(21)17-14-9-5-7-12-6-3-4-8-13(12)14/h2-9H,1,10-11H2,(H,17,21)(H,19,20). The molecule has 2 amide bonds. The zero-order chi connectivity index (χ0) is 15.2. The van der Waals surface area contributed by atoms with Crippen LogP contribution in [0, 0.1) is 0 Å². The van der Waals surface area contributed by atoms with E-state index in [4.69, 9.17) is 5.11 Å². The van der Waals surface area contributed by atoms with Crippen LogP contribution in [0.2, 0.25) is 0 Å². The Morgan fingerprint density at radius 3 is 2.62 bits per heavy atom. The third-order valence-corrected chi connectivity index (χ3v) is 2.99. The molecule has 0 saturated heterocycles. The molecule has 0 aromatic heterocycles. The molecule has 0 saturated carbocycles. The molecule has 0 radical (unpaired) electrons. The lowest BCUT2D eigenvalue weighted by Gasteiger charge is -2.20. The van der Waals surface area contributed by atoms with Crippen molar-refractivity contribution in [2.24, 2.45) is 0 Å². The number of benzene rings is 2. The molecule has 5 heteroatoms. The molecule has 0 atom stereocenters. The van der Waals surface area contributed by atoms with Crippen LogP contribution < -0.4 is 5.32 Å². The highest BCUT2D eigenvalue weighted by atomic mass is 16.4. The second-order valence-electron chi connectivity index (χ2n) is 4.52. The van der Waals surface area contributed by atoms with Gasteiger partial charge in [-0.15, -0.1) is 6.58 Å². The van der Waals surface area contributed by atoms with Crippen molar-refractivity contribution in [3.05, 3.63) is 55.1 Å². The molecular formula is C16H16N2O3. The average molecular weight is 284 g/mol. The van der Waals surface area contributed by atoms with E-state index < -0.39 is 12.0 Å². The lowest BCUT2D eigenvalue weighted by atomic mass is 10.1. The van der Waals surface area contributed by atoms with Crippen molar-refractivity contribution in [3.63, 3.8) is 0 Å². The summed E-state index contributed by atoms with van der Waals surface area (Å²) in [5.41, 5.74) is 0.651. The Morgan fingerprint density at radius 1 is 1.19 bits per heavy atom. The SMILES string of the molecule is C=CCN(CC(=O)O)C(=O)Nc1cccc2ccccc12.